The molecule has 2 aromatic carbocycles. The molecule has 6 heteroatoms. The van der Waals surface area contributed by atoms with Crippen molar-refractivity contribution >= 4 is 21.6 Å². The van der Waals surface area contributed by atoms with Crippen LogP contribution in [-0.4, -0.2) is 10.0 Å². The van der Waals surface area contributed by atoms with Crippen molar-refractivity contribution in [1.82, 2.24) is 0 Å². The van der Waals surface area contributed by atoms with Gasteiger partial charge in [0, 0.05) is 10.5 Å². The fourth-order valence-corrected chi connectivity index (χ4v) is 1.71. The highest BCUT2D eigenvalue weighted by molar-refractivity contribution is 9.10. The van der Waals surface area contributed by atoms with Gasteiger partial charge in [-0.05, 0) is 36.4 Å². The lowest BCUT2D eigenvalue weighted by molar-refractivity contribution is -0.385. The number of nitro groups is 1. The minimum atomic E-state index is -0.513. The fraction of sp³-hybridized carbons (Fsp3) is 0. The maximum atomic E-state index is 10.9. The highest BCUT2D eigenvalue weighted by atomic mass is 79.9. The summed E-state index contributed by atoms with van der Waals surface area (Å²) in [4.78, 5) is 10.4. The van der Waals surface area contributed by atoms with E-state index in [1.807, 2.05) is 0 Å². The number of ether oxygens (including phenoxy) is 1. The number of nitro benzene ring substituents is 1. The van der Waals surface area contributed by atoms with Gasteiger partial charge in [0.1, 0.15) is 11.5 Å². The molecule has 0 aliphatic heterocycles. The standard InChI is InChI=1S/C12H8BrNO4/c13-8-1-6-12(11(7-8)14(16)17)18-10-4-2-9(15)3-5-10/h1-7,15H. The van der Waals surface area contributed by atoms with E-state index >= 15 is 0 Å². The number of rotatable bonds is 3. The number of hydrogen-bond acceptors (Lipinski definition) is 4. The van der Waals surface area contributed by atoms with Crippen LogP contribution in [0.25, 0.3) is 0 Å². The number of benzene rings is 2. The number of hydrogen-bond donors (Lipinski definition) is 1. The van der Waals surface area contributed by atoms with Gasteiger partial charge < -0.3 is 9.84 Å². The molecule has 0 amide bonds. The Balaban J connectivity index is 2.34. The molecule has 0 bridgehead atoms. The Bertz CT molecular complexity index is 583. The first kappa shape index (κ1) is 12.4. The molecule has 0 heterocycles. The van der Waals surface area contributed by atoms with Gasteiger partial charge in [0.15, 0.2) is 0 Å². The van der Waals surface area contributed by atoms with E-state index in [-0.39, 0.29) is 17.2 Å². The van der Waals surface area contributed by atoms with Gasteiger partial charge in [-0.2, -0.15) is 0 Å². The molecule has 0 aliphatic rings. The molecule has 0 aliphatic carbocycles. The maximum Gasteiger partial charge on any atom is 0.312 e. The van der Waals surface area contributed by atoms with Gasteiger partial charge in [0.2, 0.25) is 5.75 Å². The second kappa shape index (κ2) is 5.05. The maximum absolute atomic E-state index is 10.9. The highest BCUT2D eigenvalue weighted by Crippen LogP contribution is 2.33. The van der Waals surface area contributed by atoms with Gasteiger partial charge in [-0.3, -0.25) is 10.1 Å². The summed E-state index contributed by atoms with van der Waals surface area (Å²) in [7, 11) is 0. The first-order valence-electron chi connectivity index (χ1n) is 4.97. The molecule has 0 fully saturated rings. The minimum Gasteiger partial charge on any atom is -0.508 e. The Kier molecular flexibility index (Phi) is 3.47. The predicted molar refractivity (Wildman–Crippen MR) is 69.0 cm³/mol. The summed E-state index contributed by atoms with van der Waals surface area (Å²) in [5.74, 6) is 0.666. The second-order valence-electron chi connectivity index (χ2n) is 3.47. The zero-order valence-electron chi connectivity index (χ0n) is 9.04. The van der Waals surface area contributed by atoms with E-state index in [1.165, 1.54) is 36.4 Å². The summed E-state index contributed by atoms with van der Waals surface area (Å²) in [5, 5.41) is 20.0. The van der Waals surface area contributed by atoms with Crippen LogP contribution in [0.5, 0.6) is 17.2 Å². The smallest absolute Gasteiger partial charge is 0.312 e. The van der Waals surface area contributed by atoms with Crippen LogP contribution in [0, 0.1) is 10.1 Å². The van der Waals surface area contributed by atoms with E-state index in [4.69, 9.17) is 9.84 Å². The Hall–Kier alpha value is -2.08. The quantitative estimate of drug-likeness (QED) is 0.690. The predicted octanol–water partition coefficient (Wildman–Crippen LogP) is 3.86. The van der Waals surface area contributed by atoms with E-state index in [9.17, 15) is 10.1 Å². The molecule has 0 spiro atoms. The van der Waals surface area contributed by atoms with Crippen molar-refractivity contribution in [3.8, 4) is 17.2 Å². The van der Waals surface area contributed by atoms with E-state index < -0.39 is 4.92 Å². The zero-order chi connectivity index (χ0) is 13.1. The molecule has 0 saturated heterocycles. The first-order chi connectivity index (χ1) is 8.56. The third kappa shape index (κ3) is 2.78. The lowest BCUT2D eigenvalue weighted by atomic mass is 10.3. The van der Waals surface area contributed by atoms with Crippen molar-refractivity contribution in [2.75, 3.05) is 0 Å². The van der Waals surface area contributed by atoms with Crippen molar-refractivity contribution in [1.29, 1.82) is 0 Å². The van der Waals surface area contributed by atoms with Crippen molar-refractivity contribution in [2.24, 2.45) is 0 Å². The SMILES string of the molecule is O=[N+]([O-])c1cc(Br)ccc1Oc1ccc(O)cc1. The number of phenols is 1. The molecule has 0 aromatic heterocycles. The van der Waals surface area contributed by atoms with Gasteiger partial charge in [-0.25, -0.2) is 0 Å². The molecule has 2 rings (SSSR count). The zero-order valence-corrected chi connectivity index (χ0v) is 10.6. The van der Waals surface area contributed by atoms with Gasteiger partial charge in [0.05, 0.1) is 4.92 Å². The Morgan fingerprint density at radius 2 is 1.83 bits per heavy atom. The fourth-order valence-electron chi connectivity index (χ4n) is 1.36. The van der Waals surface area contributed by atoms with Crippen LogP contribution in [0.4, 0.5) is 5.69 Å². The number of halogens is 1. The summed E-state index contributed by atoms with van der Waals surface area (Å²) in [6.07, 6.45) is 0. The first-order valence-corrected chi connectivity index (χ1v) is 5.76. The molecule has 0 radical (unpaired) electrons. The molecule has 5 nitrogen and oxygen atoms in total. The monoisotopic (exact) mass is 309 g/mol. The van der Waals surface area contributed by atoms with Gasteiger partial charge >= 0.3 is 5.69 Å². The number of aromatic hydroxyl groups is 1. The van der Waals surface area contributed by atoms with Crippen LogP contribution in [0.3, 0.4) is 0 Å². The summed E-state index contributed by atoms with van der Waals surface area (Å²) >= 11 is 3.17. The van der Waals surface area contributed by atoms with Crippen molar-refractivity contribution in [2.45, 2.75) is 0 Å². The summed E-state index contributed by atoms with van der Waals surface area (Å²) in [6, 6.07) is 10.5. The average Bonchev–Trinajstić information content (AvgIpc) is 2.34. The van der Waals surface area contributed by atoms with Crippen LogP contribution in [-0.2, 0) is 0 Å². The number of nitrogens with zero attached hydrogens (tertiary/aromatic N) is 1. The van der Waals surface area contributed by atoms with Crippen molar-refractivity contribution in [3.63, 3.8) is 0 Å². The van der Waals surface area contributed by atoms with Crippen molar-refractivity contribution < 1.29 is 14.8 Å². The third-order valence-corrected chi connectivity index (χ3v) is 2.68. The van der Waals surface area contributed by atoms with Crippen LogP contribution in [0.2, 0.25) is 0 Å². The van der Waals surface area contributed by atoms with E-state index in [1.54, 1.807) is 6.07 Å². The molecular formula is C12H8BrNO4. The Labute approximate surface area is 111 Å². The molecule has 18 heavy (non-hydrogen) atoms. The highest BCUT2D eigenvalue weighted by Gasteiger charge is 2.16. The molecule has 0 saturated carbocycles. The third-order valence-electron chi connectivity index (χ3n) is 2.18. The summed E-state index contributed by atoms with van der Waals surface area (Å²) in [5.41, 5.74) is -0.127. The molecular weight excluding hydrogens is 302 g/mol. The largest absolute Gasteiger partial charge is 0.508 e. The van der Waals surface area contributed by atoms with Gasteiger partial charge in [0.25, 0.3) is 0 Å². The van der Waals surface area contributed by atoms with Crippen LogP contribution < -0.4 is 4.74 Å². The molecule has 0 atom stereocenters. The molecule has 0 unspecified atom stereocenters. The van der Waals surface area contributed by atoms with Gasteiger partial charge in [-0.1, -0.05) is 15.9 Å². The van der Waals surface area contributed by atoms with Crippen LogP contribution in [0.15, 0.2) is 46.9 Å². The van der Waals surface area contributed by atoms with E-state index in [0.717, 1.165) is 0 Å². The van der Waals surface area contributed by atoms with Crippen molar-refractivity contribution in [3.05, 3.63) is 57.1 Å². The summed E-state index contributed by atoms with van der Waals surface area (Å²) < 4.78 is 6.01. The van der Waals surface area contributed by atoms with Gasteiger partial charge in [-0.15, -0.1) is 0 Å². The van der Waals surface area contributed by atoms with E-state index in [0.29, 0.717) is 10.2 Å². The second-order valence-corrected chi connectivity index (χ2v) is 4.38. The number of phenolic OH excluding ortho intramolecular Hbond substituents is 1. The van der Waals surface area contributed by atoms with Crippen LogP contribution >= 0.6 is 15.9 Å². The van der Waals surface area contributed by atoms with Crippen LogP contribution in [0.1, 0.15) is 0 Å². The lowest BCUT2D eigenvalue weighted by Crippen LogP contribution is -1.93. The normalized spacial score (nSPS) is 10.1. The molecule has 2 aromatic rings. The molecule has 1 N–H and O–H groups in total. The summed E-state index contributed by atoms with van der Waals surface area (Å²) in [6.45, 7) is 0. The average molecular weight is 310 g/mol. The Morgan fingerprint density at radius 3 is 2.44 bits per heavy atom. The molecule has 92 valence electrons. The Morgan fingerprint density at radius 1 is 1.17 bits per heavy atom. The van der Waals surface area contributed by atoms with E-state index in [2.05, 4.69) is 15.9 Å². The minimum absolute atomic E-state index is 0.104. The lowest BCUT2D eigenvalue weighted by Gasteiger charge is -2.06. The topological polar surface area (TPSA) is 72.6 Å².